The summed E-state index contributed by atoms with van der Waals surface area (Å²) in [6.07, 6.45) is -0.189. The Bertz CT molecular complexity index is 360. The number of nitrogens with zero attached hydrogens (tertiary/aromatic N) is 1. The summed E-state index contributed by atoms with van der Waals surface area (Å²) in [6, 6.07) is 3.23. The average Bonchev–Trinajstić information content (AvgIpc) is 2.15. The first-order chi connectivity index (χ1) is 7.49. The quantitative estimate of drug-likeness (QED) is 0.795. The molecule has 0 aromatic heterocycles. The van der Waals surface area contributed by atoms with E-state index in [-0.39, 0.29) is 13.0 Å². The van der Waals surface area contributed by atoms with Gasteiger partial charge in [0.1, 0.15) is 11.6 Å². The number of carbonyl (C=O) groups excluding carboxylic acids is 1. The predicted molar refractivity (Wildman–Crippen MR) is 55.1 cm³/mol. The summed E-state index contributed by atoms with van der Waals surface area (Å²) < 4.78 is 30.4. The molecule has 0 spiro atoms. The van der Waals surface area contributed by atoms with Crippen LogP contribution in [0.5, 0.6) is 0 Å². The van der Waals surface area contributed by atoms with E-state index in [9.17, 15) is 13.6 Å². The lowest BCUT2D eigenvalue weighted by Gasteiger charge is -2.10. The summed E-state index contributed by atoms with van der Waals surface area (Å²) >= 11 is 0. The zero-order valence-electron chi connectivity index (χ0n) is 9.17. The van der Waals surface area contributed by atoms with Crippen molar-refractivity contribution in [2.75, 3.05) is 20.7 Å². The van der Waals surface area contributed by atoms with Crippen molar-refractivity contribution < 1.29 is 18.3 Å². The number of ether oxygens (including phenoxy) is 1. The van der Waals surface area contributed by atoms with Gasteiger partial charge < -0.3 is 9.64 Å². The maximum absolute atomic E-state index is 12.8. The van der Waals surface area contributed by atoms with E-state index in [1.807, 2.05) is 0 Å². The van der Waals surface area contributed by atoms with Crippen LogP contribution < -0.4 is 0 Å². The van der Waals surface area contributed by atoms with Crippen LogP contribution in [0.1, 0.15) is 5.56 Å². The Kier molecular flexibility index (Phi) is 4.22. The minimum absolute atomic E-state index is 0.0971. The smallest absolute Gasteiger partial charge is 0.409 e. The number of amides is 1. The molecule has 0 unspecified atom stereocenters. The topological polar surface area (TPSA) is 29.5 Å². The van der Waals surface area contributed by atoms with Crippen LogP contribution in [-0.2, 0) is 11.2 Å². The molecular weight excluding hydrogens is 216 g/mol. The largest absolute Gasteiger partial charge is 0.449 e. The second-order valence-electron chi connectivity index (χ2n) is 3.54. The summed E-state index contributed by atoms with van der Waals surface area (Å²) in [6.45, 7) is 0.0971. The van der Waals surface area contributed by atoms with Gasteiger partial charge in [0.2, 0.25) is 0 Å². The highest BCUT2D eigenvalue weighted by atomic mass is 19.1. The molecule has 0 aliphatic heterocycles. The highest BCUT2D eigenvalue weighted by molar-refractivity contribution is 5.66. The van der Waals surface area contributed by atoms with Crippen molar-refractivity contribution in [1.82, 2.24) is 4.90 Å². The molecule has 0 saturated heterocycles. The molecule has 0 radical (unpaired) electrons. The molecule has 0 fully saturated rings. The van der Waals surface area contributed by atoms with Gasteiger partial charge in [0.05, 0.1) is 6.61 Å². The van der Waals surface area contributed by atoms with Crippen LogP contribution in [0.15, 0.2) is 18.2 Å². The highest BCUT2D eigenvalue weighted by Crippen LogP contribution is 2.08. The number of benzene rings is 1. The molecule has 3 nitrogen and oxygen atoms in total. The van der Waals surface area contributed by atoms with Gasteiger partial charge in [-0.1, -0.05) is 0 Å². The number of halogens is 2. The molecule has 16 heavy (non-hydrogen) atoms. The SMILES string of the molecule is CN(C)C(=O)OCCc1cc(F)cc(F)c1. The lowest BCUT2D eigenvalue weighted by Crippen LogP contribution is -2.23. The third kappa shape index (κ3) is 3.84. The number of rotatable bonds is 3. The minimum Gasteiger partial charge on any atom is -0.449 e. The molecule has 1 aromatic carbocycles. The van der Waals surface area contributed by atoms with Crippen LogP contribution in [0.4, 0.5) is 13.6 Å². The zero-order chi connectivity index (χ0) is 12.1. The second-order valence-corrected chi connectivity index (χ2v) is 3.54. The molecular formula is C11H13F2NO2. The van der Waals surface area contributed by atoms with Gasteiger partial charge in [-0.15, -0.1) is 0 Å². The summed E-state index contributed by atoms with van der Waals surface area (Å²) in [5.74, 6) is -1.26. The fourth-order valence-electron chi connectivity index (χ4n) is 1.14. The van der Waals surface area contributed by atoms with Crippen molar-refractivity contribution >= 4 is 6.09 Å². The zero-order valence-corrected chi connectivity index (χ0v) is 9.17. The van der Waals surface area contributed by atoms with Gasteiger partial charge in [-0.3, -0.25) is 0 Å². The minimum atomic E-state index is -0.631. The summed E-state index contributed by atoms with van der Waals surface area (Å²) in [7, 11) is 3.12. The third-order valence-corrected chi connectivity index (χ3v) is 1.90. The van der Waals surface area contributed by atoms with E-state index in [0.29, 0.717) is 5.56 Å². The van der Waals surface area contributed by atoms with E-state index < -0.39 is 17.7 Å². The Balaban J connectivity index is 2.46. The van der Waals surface area contributed by atoms with Gasteiger partial charge in [0, 0.05) is 26.6 Å². The van der Waals surface area contributed by atoms with Crippen molar-refractivity contribution in [1.29, 1.82) is 0 Å². The van der Waals surface area contributed by atoms with E-state index in [0.717, 1.165) is 6.07 Å². The van der Waals surface area contributed by atoms with Gasteiger partial charge in [-0.25, -0.2) is 13.6 Å². The number of hydrogen-bond donors (Lipinski definition) is 0. The van der Waals surface area contributed by atoms with Crippen molar-refractivity contribution in [3.8, 4) is 0 Å². The molecule has 0 heterocycles. The van der Waals surface area contributed by atoms with E-state index in [1.165, 1.54) is 17.0 Å². The molecule has 88 valence electrons. The van der Waals surface area contributed by atoms with Gasteiger partial charge in [-0.2, -0.15) is 0 Å². The second kappa shape index (κ2) is 5.44. The van der Waals surface area contributed by atoms with Crippen LogP contribution in [0.3, 0.4) is 0 Å². The molecule has 0 atom stereocenters. The fourth-order valence-corrected chi connectivity index (χ4v) is 1.14. The molecule has 1 amide bonds. The normalized spacial score (nSPS) is 10.0. The van der Waals surface area contributed by atoms with Gasteiger partial charge in [0.15, 0.2) is 0 Å². The van der Waals surface area contributed by atoms with E-state index >= 15 is 0 Å². The molecule has 0 N–H and O–H groups in total. The van der Waals surface area contributed by atoms with Crippen LogP contribution in [0, 0.1) is 11.6 Å². The Labute approximate surface area is 92.6 Å². The predicted octanol–water partition coefficient (Wildman–Crippen LogP) is 2.21. The van der Waals surface area contributed by atoms with Gasteiger partial charge in [-0.05, 0) is 17.7 Å². The Hall–Kier alpha value is -1.65. The number of hydrogen-bond acceptors (Lipinski definition) is 2. The van der Waals surface area contributed by atoms with Crippen LogP contribution in [0.25, 0.3) is 0 Å². The summed E-state index contributed by atoms with van der Waals surface area (Å²) in [5.41, 5.74) is 0.462. The molecule has 0 aliphatic carbocycles. The summed E-state index contributed by atoms with van der Waals surface area (Å²) in [4.78, 5) is 12.3. The molecule has 1 rings (SSSR count). The van der Waals surface area contributed by atoms with Crippen molar-refractivity contribution in [3.05, 3.63) is 35.4 Å². The first kappa shape index (κ1) is 12.4. The van der Waals surface area contributed by atoms with Crippen LogP contribution in [-0.4, -0.2) is 31.7 Å². The summed E-state index contributed by atoms with van der Waals surface area (Å²) in [5, 5.41) is 0. The lowest BCUT2D eigenvalue weighted by molar-refractivity contribution is 0.119. The van der Waals surface area contributed by atoms with E-state index in [4.69, 9.17) is 4.74 Å². The van der Waals surface area contributed by atoms with Crippen molar-refractivity contribution in [2.24, 2.45) is 0 Å². The first-order valence-electron chi connectivity index (χ1n) is 4.78. The van der Waals surface area contributed by atoms with E-state index in [1.54, 1.807) is 14.1 Å². The maximum Gasteiger partial charge on any atom is 0.409 e. The Morgan fingerprint density at radius 3 is 2.31 bits per heavy atom. The maximum atomic E-state index is 12.8. The lowest BCUT2D eigenvalue weighted by atomic mass is 10.1. The Morgan fingerprint density at radius 1 is 1.25 bits per heavy atom. The molecule has 0 saturated carbocycles. The van der Waals surface area contributed by atoms with Crippen molar-refractivity contribution in [3.63, 3.8) is 0 Å². The monoisotopic (exact) mass is 229 g/mol. The molecule has 0 bridgehead atoms. The third-order valence-electron chi connectivity index (χ3n) is 1.90. The van der Waals surface area contributed by atoms with Crippen LogP contribution >= 0.6 is 0 Å². The number of carbonyl (C=O) groups is 1. The first-order valence-corrected chi connectivity index (χ1v) is 4.78. The molecule has 0 aliphatic rings. The van der Waals surface area contributed by atoms with Crippen molar-refractivity contribution in [2.45, 2.75) is 6.42 Å². The van der Waals surface area contributed by atoms with Gasteiger partial charge in [0.25, 0.3) is 0 Å². The molecule has 1 aromatic rings. The standard InChI is InChI=1S/C11H13F2NO2/c1-14(2)11(15)16-4-3-8-5-9(12)7-10(13)6-8/h5-7H,3-4H2,1-2H3. The average molecular weight is 229 g/mol. The fraction of sp³-hybridized carbons (Fsp3) is 0.364. The van der Waals surface area contributed by atoms with Gasteiger partial charge >= 0.3 is 6.09 Å². The van der Waals surface area contributed by atoms with E-state index in [2.05, 4.69) is 0 Å². The van der Waals surface area contributed by atoms with Crippen LogP contribution in [0.2, 0.25) is 0 Å². The Morgan fingerprint density at radius 2 is 1.81 bits per heavy atom. The molecule has 5 heteroatoms. The highest BCUT2D eigenvalue weighted by Gasteiger charge is 2.05.